The molecule has 4 rings (SSSR count). The van der Waals surface area contributed by atoms with Crippen LogP contribution in [-0.4, -0.2) is 68.1 Å². The molecule has 0 N–H and O–H groups in total. The Hall–Kier alpha value is -2.86. The second-order valence-electron chi connectivity index (χ2n) is 8.80. The summed E-state index contributed by atoms with van der Waals surface area (Å²) in [5.41, 5.74) is 3.33. The lowest BCUT2D eigenvalue weighted by atomic mass is 9.95. The SMILES string of the molecule is CN(Cc1ccc(N2CCOCC2)cc1)C(=O)C1CCCN(C(=O)Cc2ccccc2)C1. The molecular formula is C26H33N3O3. The lowest BCUT2D eigenvalue weighted by molar-refractivity contribution is -0.140. The Morgan fingerprint density at radius 1 is 0.969 bits per heavy atom. The number of likely N-dealkylation sites (tertiary alicyclic amines) is 1. The summed E-state index contributed by atoms with van der Waals surface area (Å²) in [7, 11) is 1.86. The molecule has 0 aliphatic carbocycles. The van der Waals surface area contributed by atoms with E-state index >= 15 is 0 Å². The maximum atomic E-state index is 13.1. The van der Waals surface area contributed by atoms with Gasteiger partial charge in [0, 0.05) is 45.5 Å². The molecule has 0 aromatic heterocycles. The number of benzene rings is 2. The monoisotopic (exact) mass is 435 g/mol. The summed E-state index contributed by atoms with van der Waals surface area (Å²) in [5.74, 6) is 0.107. The highest BCUT2D eigenvalue weighted by Gasteiger charge is 2.30. The highest BCUT2D eigenvalue weighted by Crippen LogP contribution is 2.22. The van der Waals surface area contributed by atoms with Crippen LogP contribution in [0.15, 0.2) is 54.6 Å². The van der Waals surface area contributed by atoms with Crippen molar-refractivity contribution in [2.45, 2.75) is 25.8 Å². The molecule has 1 unspecified atom stereocenters. The van der Waals surface area contributed by atoms with Crippen LogP contribution < -0.4 is 4.90 Å². The van der Waals surface area contributed by atoms with Gasteiger partial charge in [-0.3, -0.25) is 9.59 Å². The van der Waals surface area contributed by atoms with E-state index in [2.05, 4.69) is 29.2 Å². The molecule has 0 spiro atoms. The van der Waals surface area contributed by atoms with Crippen molar-refractivity contribution in [2.24, 2.45) is 5.92 Å². The number of piperidine rings is 1. The van der Waals surface area contributed by atoms with E-state index in [1.165, 1.54) is 5.69 Å². The first-order chi connectivity index (χ1) is 15.6. The third kappa shape index (κ3) is 5.68. The van der Waals surface area contributed by atoms with Crippen molar-refractivity contribution in [2.75, 3.05) is 51.3 Å². The van der Waals surface area contributed by atoms with Crippen LogP contribution in [0.4, 0.5) is 5.69 Å². The van der Waals surface area contributed by atoms with E-state index in [9.17, 15) is 9.59 Å². The van der Waals surface area contributed by atoms with Gasteiger partial charge in [0.1, 0.15) is 0 Å². The van der Waals surface area contributed by atoms with Crippen molar-refractivity contribution >= 4 is 17.5 Å². The fourth-order valence-corrected chi connectivity index (χ4v) is 4.58. The van der Waals surface area contributed by atoms with E-state index < -0.39 is 0 Å². The van der Waals surface area contributed by atoms with Crippen LogP contribution in [0.25, 0.3) is 0 Å². The second-order valence-corrected chi connectivity index (χ2v) is 8.80. The standard InChI is InChI=1S/C26H33N3O3/c1-27(19-22-9-11-24(12-10-22)28-14-16-32-17-15-28)26(31)23-8-5-13-29(20-23)25(30)18-21-6-3-2-4-7-21/h2-4,6-7,9-12,23H,5,8,13-20H2,1H3. The molecule has 2 amide bonds. The maximum absolute atomic E-state index is 13.1. The van der Waals surface area contributed by atoms with Crippen LogP contribution in [0, 0.1) is 5.92 Å². The summed E-state index contributed by atoms with van der Waals surface area (Å²) in [6, 6.07) is 18.3. The van der Waals surface area contributed by atoms with Gasteiger partial charge in [-0.05, 0) is 36.1 Å². The zero-order chi connectivity index (χ0) is 22.3. The highest BCUT2D eigenvalue weighted by atomic mass is 16.5. The first kappa shape index (κ1) is 22.3. The third-order valence-electron chi connectivity index (χ3n) is 6.43. The van der Waals surface area contributed by atoms with E-state index in [0.29, 0.717) is 19.5 Å². The van der Waals surface area contributed by atoms with Gasteiger partial charge in [-0.25, -0.2) is 0 Å². The topological polar surface area (TPSA) is 53.1 Å². The molecule has 2 aromatic carbocycles. The van der Waals surface area contributed by atoms with Crippen LogP contribution >= 0.6 is 0 Å². The van der Waals surface area contributed by atoms with Crippen LogP contribution in [0.2, 0.25) is 0 Å². The number of hydrogen-bond donors (Lipinski definition) is 0. The lowest BCUT2D eigenvalue weighted by Gasteiger charge is -2.34. The van der Waals surface area contributed by atoms with Crippen LogP contribution in [0.5, 0.6) is 0 Å². The smallest absolute Gasteiger partial charge is 0.227 e. The summed E-state index contributed by atoms with van der Waals surface area (Å²) >= 11 is 0. The average molecular weight is 436 g/mol. The summed E-state index contributed by atoms with van der Waals surface area (Å²) in [4.78, 5) is 31.9. The molecule has 6 nitrogen and oxygen atoms in total. The highest BCUT2D eigenvalue weighted by molar-refractivity contribution is 5.82. The first-order valence-electron chi connectivity index (χ1n) is 11.6. The second kappa shape index (κ2) is 10.6. The van der Waals surface area contributed by atoms with Crippen LogP contribution in [0.3, 0.4) is 0 Å². The van der Waals surface area contributed by atoms with E-state index in [1.54, 1.807) is 4.90 Å². The van der Waals surface area contributed by atoms with Crippen molar-refractivity contribution in [1.82, 2.24) is 9.80 Å². The summed E-state index contributed by atoms with van der Waals surface area (Å²) in [6.07, 6.45) is 2.11. The van der Waals surface area contributed by atoms with E-state index in [0.717, 1.165) is 56.8 Å². The molecule has 0 radical (unpaired) electrons. The zero-order valence-electron chi connectivity index (χ0n) is 18.9. The van der Waals surface area contributed by atoms with Crippen LogP contribution in [0.1, 0.15) is 24.0 Å². The third-order valence-corrected chi connectivity index (χ3v) is 6.43. The van der Waals surface area contributed by atoms with Gasteiger partial charge in [0.15, 0.2) is 0 Å². The van der Waals surface area contributed by atoms with Gasteiger partial charge in [-0.2, -0.15) is 0 Å². The summed E-state index contributed by atoms with van der Waals surface area (Å²) in [5, 5.41) is 0. The van der Waals surface area contributed by atoms with Gasteiger partial charge in [0.2, 0.25) is 11.8 Å². The van der Waals surface area contributed by atoms with E-state index in [1.807, 2.05) is 42.3 Å². The molecule has 2 aliphatic heterocycles. The Labute approximate surface area is 190 Å². The minimum absolute atomic E-state index is 0.107. The Kier molecular flexibility index (Phi) is 7.43. The Balaban J connectivity index is 1.30. The lowest BCUT2D eigenvalue weighted by Crippen LogP contribution is -2.46. The quantitative estimate of drug-likeness (QED) is 0.700. The van der Waals surface area contributed by atoms with Crippen molar-refractivity contribution in [3.8, 4) is 0 Å². The van der Waals surface area contributed by atoms with Crippen molar-refractivity contribution in [1.29, 1.82) is 0 Å². The molecular weight excluding hydrogens is 402 g/mol. The number of carbonyl (C=O) groups is 2. The molecule has 0 saturated carbocycles. The Morgan fingerprint density at radius 3 is 2.41 bits per heavy atom. The fourth-order valence-electron chi connectivity index (χ4n) is 4.58. The number of morpholine rings is 1. The van der Waals surface area contributed by atoms with Gasteiger partial charge in [0.05, 0.1) is 25.6 Å². The number of anilines is 1. The molecule has 2 aliphatic rings. The van der Waals surface area contributed by atoms with E-state index in [-0.39, 0.29) is 17.7 Å². The Morgan fingerprint density at radius 2 is 1.69 bits per heavy atom. The predicted molar refractivity (Wildman–Crippen MR) is 125 cm³/mol. The molecule has 6 heteroatoms. The number of hydrogen-bond acceptors (Lipinski definition) is 4. The molecule has 2 aromatic rings. The predicted octanol–water partition coefficient (Wildman–Crippen LogP) is 2.96. The molecule has 32 heavy (non-hydrogen) atoms. The molecule has 1 atom stereocenters. The average Bonchev–Trinajstić information content (AvgIpc) is 2.85. The normalized spacial score (nSPS) is 19.0. The van der Waals surface area contributed by atoms with Crippen molar-refractivity contribution in [3.63, 3.8) is 0 Å². The van der Waals surface area contributed by atoms with Crippen LogP contribution in [-0.2, 0) is 27.3 Å². The fraction of sp³-hybridized carbons (Fsp3) is 0.462. The zero-order valence-corrected chi connectivity index (χ0v) is 18.9. The number of carbonyl (C=O) groups excluding carboxylic acids is 2. The summed E-state index contributed by atoms with van der Waals surface area (Å²) < 4.78 is 5.42. The van der Waals surface area contributed by atoms with E-state index in [4.69, 9.17) is 4.74 Å². The molecule has 2 saturated heterocycles. The van der Waals surface area contributed by atoms with Gasteiger partial charge < -0.3 is 19.4 Å². The minimum Gasteiger partial charge on any atom is -0.378 e. The summed E-state index contributed by atoms with van der Waals surface area (Å²) in [6.45, 7) is 5.21. The van der Waals surface area contributed by atoms with Crippen molar-refractivity contribution in [3.05, 3.63) is 65.7 Å². The largest absolute Gasteiger partial charge is 0.378 e. The number of ether oxygens (including phenoxy) is 1. The number of amides is 2. The van der Waals surface area contributed by atoms with Gasteiger partial charge in [-0.1, -0.05) is 42.5 Å². The van der Waals surface area contributed by atoms with Gasteiger partial charge >= 0.3 is 0 Å². The van der Waals surface area contributed by atoms with Crippen molar-refractivity contribution < 1.29 is 14.3 Å². The molecule has 170 valence electrons. The van der Waals surface area contributed by atoms with Gasteiger partial charge in [-0.15, -0.1) is 0 Å². The Bertz CT molecular complexity index is 894. The first-order valence-corrected chi connectivity index (χ1v) is 11.6. The number of rotatable bonds is 6. The maximum Gasteiger partial charge on any atom is 0.227 e. The molecule has 0 bridgehead atoms. The van der Waals surface area contributed by atoms with Gasteiger partial charge in [0.25, 0.3) is 0 Å². The minimum atomic E-state index is -0.124. The molecule has 2 fully saturated rings. The molecule has 2 heterocycles. The number of nitrogens with zero attached hydrogens (tertiary/aromatic N) is 3.